The summed E-state index contributed by atoms with van der Waals surface area (Å²) in [5.41, 5.74) is 19.4. The summed E-state index contributed by atoms with van der Waals surface area (Å²) < 4.78 is 0. The van der Waals surface area contributed by atoms with Gasteiger partial charge in [-0.3, -0.25) is 0 Å². The van der Waals surface area contributed by atoms with E-state index in [4.69, 9.17) is 21.5 Å². The molecular formula is C66H40N4. The quantitative estimate of drug-likeness (QED) is 0.143. The second kappa shape index (κ2) is 16.9. The Morgan fingerprint density at radius 2 is 0.714 bits per heavy atom. The lowest BCUT2D eigenvalue weighted by Crippen LogP contribution is -2.00. The molecule has 4 nitrogen and oxygen atoms in total. The number of hydrogen-bond acceptors (Lipinski definition) is 3. The molecule has 1 aliphatic carbocycles. The van der Waals surface area contributed by atoms with Crippen LogP contribution >= 0.6 is 0 Å². The molecule has 0 unspecified atom stereocenters. The molecule has 0 bridgehead atoms. The SMILES string of the molecule is [C-]#[N+]c1ccc(-c2ccc(-c3ccc(-c4ccc5c(c4)-c4cccc6cccc-5c46)cc3)cc2)c(-c2cccc(-c3nc(-c4ccccc4)nc(-c4cccc(-c5ccc6ccccc6c5)c4)n3)c2)c1. The molecule has 0 atom stereocenters. The molecule has 1 aromatic heterocycles. The molecule has 0 saturated carbocycles. The van der Waals surface area contributed by atoms with Crippen molar-refractivity contribution in [2.24, 2.45) is 0 Å². The highest BCUT2D eigenvalue weighted by Gasteiger charge is 2.22. The van der Waals surface area contributed by atoms with E-state index in [0.29, 0.717) is 23.2 Å². The minimum absolute atomic E-state index is 0.569. The molecule has 324 valence electrons. The Morgan fingerprint density at radius 3 is 1.41 bits per heavy atom. The number of rotatable bonds is 8. The van der Waals surface area contributed by atoms with Crippen molar-refractivity contribution >= 4 is 27.2 Å². The number of fused-ring (bicyclic) bond motifs is 4. The minimum atomic E-state index is 0.569. The van der Waals surface area contributed by atoms with Gasteiger partial charge in [0.25, 0.3) is 0 Å². The van der Waals surface area contributed by atoms with Crippen molar-refractivity contribution < 1.29 is 0 Å². The van der Waals surface area contributed by atoms with E-state index in [2.05, 4.69) is 193 Å². The van der Waals surface area contributed by atoms with Crippen molar-refractivity contribution in [3.05, 3.63) is 254 Å². The zero-order chi connectivity index (χ0) is 46.5. The lowest BCUT2D eigenvalue weighted by molar-refractivity contribution is 1.07. The molecule has 70 heavy (non-hydrogen) atoms. The summed E-state index contributed by atoms with van der Waals surface area (Å²) in [5.74, 6) is 1.76. The van der Waals surface area contributed by atoms with Crippen molar-refractivity contribution in [3.63, 3.8) is 0 Å². The van der Waals surface area contributed by atoms with Crippen LogP contribution in [0.15, 0.2) is 243 Å². The predicted molar refractivity (Wildman–Crippen MR) is 289 cm³/mol. The molecule has 0 spiro atoms. The molecule has 13 rings (SSSR count). The van der Waals surface area contributed by atoms with E-state index >= 15 is 0 Å². The maximum absolute atomic E-state index is 7.95. The van der Waals surface area contributed by atoms with E-state index in [1.807, 2.05) is 54.6 Å². The van der Waals surface area contributed by atoms with Crippen LogP contribution in [0.3, 0.4) is 0 Å². The second-order valence-corrected chi connectivity index (χ2v) is 17.9. The van der Waals surface area contributed by atoms with Gasteiger partial charge in [-0.1, -0.05) is 212 Å². The Kier molecular flexibility index (Phi) is 9.85. The lowest BCUT2D eigenvalue weighted by atomic mass is 9.91. The fourth-order valence-corrected chi connectivity index (χ4v) is 10.1. The summed E-state index contributed by atoms with van der Waals surface area (Å²) >= 11 is 0. The molecule has 0 saturated heterocycles. The van der Waals surface area contributed by atoms with Gasteiger partial charge in [0.15, 0.2) is 23.2 Å². The fraction of sp³-hybridized carbons (Fsp3) is 0. The Labute approximate surface area is 406 Å². The molecule has 4 heteroatoms. The normalized spacial score (nSPS) is 11.4. The molecule has 12 aromatic rings. The third-order valence-electron chi connectivity index (χ3n) is 13.7. The van der Waals surface area contributed by atoms with Crippen molar-refractivity contribution in [1.82, 2.24) is 15.0 Å². The summed E-state index contributed by atoms with van der Waals surface area (Å²) in [4.78, 5) is 19.1. The fourth-order valence-electron chi connectivity index (χ4n) is 10.1. The van der Waals surface area contributed by atoms with E-state index in [-0.39, 0.29) is 0 Å². The molecule has 0 fully saturated rings. The molecule has 0 amide bonds. The standard InChI is InChI=1S/C66H40N4/c1-67-56-34-36-57(46-30-27-44(28-31-46)43-23-25-45(26-24-43)52-33-35-58-59-21-9-15-47-16-10-22-60(63(47)59)62(58)40-52)61(41-56)53-18-8-20-55(39-53)66-69-64(48-12-3-2-4-13-48)68-65(70-66)54-19-7-17-50(38-54)51-32-29-42-11-5-6-14-49(42)37-51/h2-41H. The van der Waals surface area contributed by atoms with Gasteiger partial charge in [-0.2, -0.15) is 0 Å². The van der Waals surface area contributed by atoms with Crippen molar-refractivity contribution in [3.8, 4) is 112 Å². The molecule has 11 aromatic carbocycles. The zero-order valence-electron chi connectivity index (χ0n) is 37.9. The summed E-state index contributed by atoms with van der Waals surface area (Å²) in [6.07, 6.45) is 0. The van der Waals surface area contributed by atoms with E-state index in [1.165, 1.54) is 54.9 Å². The zero-order valence-corrected chi connectivity index (χ0v) is 37.9. The highest BCUT2D eigenvalue weighted by Crippen LogP contribution is 2.48. The summed E-state index contributed by atoms with van der Waals surface area (Å²) in [7, 11) is 0. The van der Waals surface area contributed by atoms with Crippen LogP contribution in [0, 0.1) is 6.57 Å². The largest absolute Gasteiger partial charge is 0.238 e. The number of benzene rings is 11. The van der Waals surface area contributed by atoms with E-state index in [9.17, 15) is 0 Å². The molecule has 1 heterocycles. The van der Waals surface area contributed by atoms with Crippen LogP contribution in [0.4, 0.5) is 5.69 Å². The first-order valence-corrected chi connectivity index (χ1v) is 23.5. The minimum Gasteiger partial charge on any atom is -0.238 e. The second-order valence-electron chi connectivity index (χ2n) is 17.9. The van der Waals surface area contributed by atoms with Crippen molar-refractivity contribution in [2.75, 3.05) is 0 Å². The van der Waals surface area contributed by atoms with E-state index in [0.717, 1.165) is 61.2 Å². The summed E-state index contributed by atoms with van der Waals surface area (Å²) in [6, 6.07) is 85.4. The Hall–Kier alpha value is -9.56. The average molecular weight is 889 g/mol. The molecular weight excluding hydrogens is 849 g/mol. The Morgan fingerprint density at radius 1 is 0.243 bits per heavy atom. The van der Waals surface area contributed by atoms with Crippen molar-refractivity contribution in [2.45, 2.75) is 0 Å². The van der Waals surface area contributed by atoms with Gasteiger partial charge in [0, 0.05) is 16.7 Å². The summed E-state index contributed by atoms with van der Waals surface area (Å²) in [6.45, 7) is 7.95. The van der Waals surface area contributed by atoms with Crippen LogP contribution in [0.25, 0.3) is 138 Å². The lowest BCUT2D eigenvalue weighted by Gasteiger charge is -2.14. The van der Waals surface area contributed by atoms with Crippen LogP contribution in [0.2, 0.25) is 0 Å². The van der Waals surface area contributed by atoms with Crippen LogP contribution in [0.1, 0.15) is 0 Å². The molecule has 0 N–H and O–H groups in total. The van der Waals surface area contributed by atoms with Gasteiger partial charge >= 0.3 is 0 Å². The smallest absolute Gasteiger partial charge is 0.187 e. The first kappa shape index (κ1) is 40.7. The molecule has 0 radical (unpaired) electrons. The van der Waals surface area contributed by atoms with E-state index in [1.54, 1.807) is 0 Å². The van der Waals surface area contributed by atoms with Gasteiger partial charge in [0.1, 0.15) is 0 Å². The predicted octanol–water partition coefficient (Wildman–Crippen LogP) is 17.7. The van der Waals surface area contributed by atoms with Crippen LogP contribution in [0.5, 0.6) is 0 Å². The first-order valence-electron chi connectivity index (χ1n) is 23.5. The highest BCUT2D eigenvalue weighted by atomic mass is 15.0. The van der Waals surface area contributed by atoms with Gasteiger partial charge < -0.3 is 0 Å². The third kappa shape index (κ3) is 7.31. The Balaban J connectivity index is 0.818. The monoisotopic (exact) mass is 888 g/mol. The van der Waals surface area contributed by atoms with Crippen LogP contribution < -0.4 is 0 Å². The van der Waals surface area contributed by atoms with Gasteiger partial charge in [-0.15, -0.1) is 0 Å². The number of nitrogens with zero attached hydrogens (tertiary/aromatic N) is 4. The Bertz CT molecular complexity index is 4050. The van der Waals surface area contributed by atoms with Gasteiger partial charge in [0.05, 0.1) is 6.57 Å². The molecule has 1 aliphatic rings. The maximum atomic E-state index is 7.95. The van der Waals surface area contributed by atoms with Crippen LogP contribution in [-0.2, 0) is 0 Å². The first-order chi connectivity index (χ1) is 34.6. The van der Waals surface area contributed by atoms with E-state index < -0.39 is 0 Å². The molecule has 0 aliphatic heterocycles. The maximum Gasteiger partial charge on any atom is 0.187 e. The third-order valence-corrected chi connectivity index (χ3v) is 13.7. The average Bonchev–Trinajstić information content (AvgIpc) is 3.77. The van der Waals surface area contributed by atoms with Crippen LogP contribution in [-0.4, -0.2) is 15.0 Å². The van der Waals surface area contributed by atoms with Gasteiger partial charge in [-0.25, -0.2) is 19.8 Å². The number of aromatic nitrogens is 3. The summed E-state index contributed by atoms with van der Waals surface area (Å²) in [5, 5.41) is 5.04. The number of hydrogen-bond donors (Lipinski definition) is 0. The highest BCUT2D eigenvalue weighted by molar-refractivity contribution is 6.15. The van der Waals surface area contributed by atoms with Gasteiger partial charge in [0.2, 0.25) is 0 Å². The topological polar surface area (TPSA) is 43.0 Å². The van der Waals surface area contributed by atoms with Crippen molar-refractivity contribution in [1.29, 1.82) is 0 Å². The van der Waals surface area contributed by atoms with Gasteiger partial charge in [-0.05, 0) is 130 Å².